The number of para-hydroxylation sites is 3. The Morgan fingerprint density at radius 1 is 0.789 bits per heavy atom. The van der Waals surface area contributed by atoms with Gasteiger partial charge in [-0.15, -0.1) is 29.0 Å². The van der Waals surface area contributed by atoms with Crippen molar-refractivity contribution in [2.24, 2.45) is 0 Å². The van der Waals surface area contributed by atoms with Gasteiger partial charge in [-0.1, -0.05) is 53.3 Å². The maximum absolute atomic E-state index is 6.26. The van der Waals surface area contributed by atoms with E-state index in [1.54, 1.807) is 0 Å². The van der Waals surface area contributed by atoms with Gasteiger partial charge in [-0.2, -0.15) is 24.3 Å². The van der Waals surface area contributed by atoms with E-state index in [1.165, 1.54) is 5.39 Å². The molecule has 0 unspecified atom stereocenters. The largest absolute Gasteiger partial charge is 2.00 e. The van der Waals surface area contributed by atoms with E-state index >= 15 is 0 Å². The number of pyridine rings is 1. The Labute approximate surface area is 236 Å². The minimum atomic E-state index is -0.219. The minimum absolute atomic E-state index is 0. The van der Waals surface area contributed by atoms with E-state index in [-0.39, 0.29) is 28.1 Å². The Morgan fingerprint density at radius 2 is 1.58 bits per heavy atom. The average molecular weight is 673 g/mol. The molecular formula is C31H23BN4OPt. The summed E-state index contributed by atoms with van der Waals surface area (Å²) in [5, 5.41) is 2.33. The van der Waals surface area contributed by atoms with Crippen LogP contribution < -0.4 is 19.8 Å². The van der Waals surface area contributed by atoms with Crippen molar-refractivity contribution < 1.29 is 25.7 Å². The zero-order valence-corrected chi connectivity index (χ0v) is 23.2. The van der Waals surface area contributed by atoms with Crippen LogP contribution in [0.4, 0.5) is 17.1 Å². The smallest absolute Gasteiger partial charge is 0.537 e. The van der Waals surface area contributed by atoms with E-state index < -0.39 is 0 Å². The van der Waals surface area contributed by atoms with Crippen LogP contribution in [0.5, 0.6) is 5.75 Å². The molecule has 6 aromatic rings. The SMILES string of the molecule is CN1B(c2[c-]c(N(C)c3[c-]c4c(cc3)c3ccccc3n4-c3ccccn3)ccc2)Oc2ccccc21.[Pt+2]. The molecule has 7 rings (SSSR count). The summed E-state index contributed by atoms with van der Waals surface area (Å²) in [7, 11) is 3.89. The third-order valence-electron chi connectivity index (χ3n) is 7.07. The van der Waals surface area contributed by atoms with Crippen molar-refractivity contribution in [2.75, 3.05) is 23.8 Å². The number of hydrogen-bond donors (Lipinski definition) is 0. The number of aromatic nitrogens is 2. The van der Waals surface area contributed by atoms with Crippen molar-refractivity contribution in [3.05, 3.63) is 115 Å². The van der Waals surface area contributed by atoms with Crippen molar-refractivity contribution in [2.45, 2.75) is 0 Å². The van der Waals surface area contributed by atoms with Crippen LogP contribution in [0.1, 0.15) is 0 Å². The van der Waals surface area contributed by atoms with Crippen LogP contribution in [-0.2, 0) is 21.1 Å². The van der Waals surface area contributed by atoms with Gasteiger partial charge in [0.1, 0.15) is 11.6 Å². The number of benzene rings is 4. The summed E-state index contributed by atoms with van der Waals surface area (Å²) in [6.07, 6.45) is 1.83. The molecular weight excluding hydrogens is 650 g/mol. The number of fused-ring (bicyclic) bond motifs is 4. The maximum atomic E-state index is 6.26. The fraction of sp³-hybridized carbons (Fsp3) is 0.0645. The first-order valence-electron chi connectivity index (χ1n) is 12.3. The Bertz CT molecular complexity index is 1770. The first-order chi connectivity index (χ1) is 18.2. The molecule has 38 heavy (non-hydrogen) atoms. The third-order valence-corrected chi connectivity index (χ3v) is 7.07. The molecule has 0 atom stereocenters. The summed E-state index contributed by atoms with van der Waals surface area (Å²) in [5.41, 5.74) is 6.07. The van der Waals surface area contributed by atoms with Crippen molar-refractivity contribution in [3.63, 3.8) is 0 Å². The second-order valence-electron chi connectivity index (χ2n) is 9.25. The number of nitrogens with zero attached hydrogens (tertiary/aromatic N) is 4. The molecule has 0 radical (unpaired) electrons. The fourth-order valence-corrected chi connectivity index (χ4v) is 5.19. The zero-order valence-electron chi connectivity index (χ0n) is 20.9. The summed E-state index contributed by atoms with van der Waals surface area (Å²) in [5.74, 6) is 1.77. The van der Waals surface area contributed by atoms with E-state index in [2.05, 4.69) is 106 Å². The van der Waals surface area contributed by atoms with Gasteiger partial charge in [0.15, 0.2) is 0 Å². The summed E-state index contributed by atoms with van der Waals surface area (Å²) in [6, 6.07) is 40.3. The van der Waals surface area contributed by atoms with Gasteiger partial charge in [0.2, 0.25) is 0 Å². The van der Waals surface area contributed by atoms with Gasteiger partial charge in [-0.3, -0.25) is 0 Å². The first kappa shape index (κ1) is 24.3. The molecule has 0 bridgehead atoms. The van der Waals surface area contributed by atoms with Crippen LogP contribution in [0.2, 0.25) is 0 Å². The van der Waals surface area contributed by atoms with Crippen LogP contribution in [-0.4, -0.2) is 30.7 Å². The quantitative estimate of drug-likeness (QED) is 0.176. The molecule has 1 aliphatic heterocycles. The van der Waals surface area contributed by atoms with Gasteiger partial charge in [-0.25, -0.2) is 4.98 Å². The van der Waals surface area contributed by atoms with Gasteiger partial charge >= 0.3 is 28.1 Å². The van der Waals surface area contributed by atoms with Crippen molar-refractivity contribution in [1.82, 2.24) is 9.55 Å². The van der Waals surface area contributed by atoms with Crippen LogP contribution in [0.15, 0.2) is 103 Å². The molecule has 3 heterocycles. The van der Waals surface area contributed by atoms with Gasteiger partial charge in [-0.05, 0) is 42.8 Å². The van der Waals surface area contributed by atoms with Gasteiger partial charge in [0.05, 0.1) is 5.69 Å². The maximum Gasteiger partial charge on any atom is 2.00 e. The molecule has 0 aliphatic carbocycles. The monoisotopic (exact) mass is 673 g/mol. The van der Waals surface area contributed by atoms with Crippen LogP contribution in [0, 0.1) is 12.1 Å². The Hall–Kier alpha value is -4.02. The molecule has 0 fully saturated rings. The molecule has 0 saturated heterocycles. The number of hydrogen-bond acceptors (Lipinski definition) is 4. The standard InChI is InChI=1S/C31H23BN4O.Pt/c1-34(23-11-9-10-22(20-23)32-35(2)28-14-5-6-15-30(28)37-32)24-17-18-26-25-12-3-4-13-27(25)36(29(26)21-24)31-16-7-8-19-33-31;/h3-19H,1-2H3;/q-2;+2. The normalized spacial score (nSPS) is 12.4. The van der Waals surface area contributed by atoms with Gasteiger partial charge in [0, 0.05) is 18.8 Å². The molecule has 4 aromatic carbocycles. The molecule has 0 N–H and O–H groups in total. The van der Waals surface area contributed by atoms with Gasteiger partial charge in [0.25, 0.3) is 0 Å². The molecule has 0 saturated carbocycles. The summed E-state index contributed by atoms with van der Waals surface area (Å²) >= 11 is 0. The summed E-state index contributed by atoms with van der Waals surface area (Å²) < 4.78 is 8.44. The molecule has 0 spiro atoms. The van der Waals surface area contributed by atoms with E-state index in [0.29, 0.717) is 0 Å². The Morgan fingerprint density at radius 3 is 2.42 bits per heavy atom. The molecule has 186 valence electrons. The van der Waals surface area contributed by atoms with Crippen LogP contribution >= 0.6 is 0 Å². The topological polar surface area (TPSA) is 33.5 Å². The van der Waals surface area contributed by atoms with Crippen molar-refractivity contribution in [3.8, 4) is 11.6 Å². The van der Waals surface area contributed by atoms with Crippen molar-refractivity contribution >= 4 is 51.4 Å². The molecule has 2 aromatic heterocycles. The Kier molecular flexibility index (Phi) is 6.21. The van der Waals surface area contributed by atoms with E-state index in [0.717, 1.165) is 50.5 Å². The number of rotatable bonds is 4. The molecule has 0 amide bonds. The van der Waals surface area contributed by atoms with Gasteiger partial charge < -0.3 is 18.9 Å². The predicted molar refractivity (Wildman–Crippen MR) is 152 cm³/mol. The van der Waals surface area contributed by atoms with Crippen LogP contribution in [0.25, 0.3) is 27.6 Å². The van der Waals surface area contributed by atoms with E-state index in [9.17, 15) is 0 Å². The minimum Gasteiger partial charge on any atom is -0.537 e. The second kappa shape index (κ2) is 9.70. The second-order valence-corrected chi connectivity index (χ2v) is 9.25. The van der Waals surface area contributed by atoms with Crippen molar-refractivity contribution in [1.29, 1.82) is 0 Å². The van der Waals surface area contributed by atoms with Crippen LogP contribution in [0.3, 0.4) is 0 Å². The number of anilines is 3. The molecule has 7 heteroatoms. The summed E-state index contributed by atoms with van der Waals surface area (Å²) in [6.45, 7) is 0. The third kappa shape index (κ3) is 3.88. The summed E-state index contributed by atoms with van der Waals surface area (Å²) in [4.78, 5) is 8.90. The first-order valence-corrected chi connectivity index (χ1v) is 12.3. The van der Waals surface area contributed by atoms with E-state index in [1.807, 2.05) is 42.6 Å². The zero-order chi connectivity index (χ0) is 24.9. The average Bonchev–Trinajstić information content (AvgIpc) is 3.47. The van der Waals surface area contributed by atoms with E-state index in [4.69, 9.17) is 4.65 Å². The predicted octanol–water partition coefficient (Wildman–Crippen LogP) is 5.77. The molecule has 1 aliphatic rings. The molecule has 5 nitrogen and oxygen atoms in total. The fourth-order valence-electron chi connectivity index (χ4n) is 5.19. The Balaban J connectivity index is 0.00000264.